The maximum absolute atomic E-state index is 11.2. The van der Waals surface area contributed by atoms with Gasteiger partial charge < -0.3 is 15.1 Å². The van der Waals surface area contributed by atoms with E-state index in [1.165, 1.54) is 4.90 Å². The number of piperidine rings is 1. The number of nitrogens with zero attached hydrogens (tertiary/aromatic N) is 1. The molecule has 1 heterocycles. The summed E-state index contributed by atoms with van der Waals surface area (Å²) in [5.74, 6) is -3.14. The minimum absolute atomic E-state index is 0.111. The van der Waals surface area contributed by atoms with Crippen LogP contribution in [-0.2, 0) is 14.4 Å². The fourth-order valence-electron chi connectivity index (χ4n) is 1.77. The Kier molecular flexibility index (Phi) is 3.51. The van der Waals surface area contributed by atoms with Crippen molar-refractivity contribution in [1.29, 1.82) is 0 Å². The third-order valence-corrected chi connectivity index (χ3v) is 2.66. The number of terminal acetylenes is 1. The van der Waals surface area contributed by atoms with E-state index in [1.807, 2.05) is 5.92 Å². The third kappa shape index (κ3) is 2.31. The molecule has 6 nitrogen and oxygen atoms in total. The molecule has 1 fully saturated rings. The molecule has 2 unspecified atom stereocenters. The fraction of sp³-hybridized carbons (Fsp3) is 0.500. The highest BCUT2D eigenvalue weighted by atomic mass is 16.4. The van der Waals surface area contributed by atoms with Crippen molar-refractivity contribution in [2.24, 2.45) is 11.8 Å². The first-order chi connectivity index (χ1) is 7.47. The van der Waals surface area contributed by atoms with Gasteiger partial charge in [0.1, 0.15) is 0 Å². The number of amides is 1. The molecule has 16 heavy (non-hydrogen) atoms. The molecule has 1 aliphatic heterocycles. The lowest BCUT2D eigenvalue weighted by Crippen LogP contribution is -2.48. The molecule has 86 valence electrons. The second kappa shape index (κ2) is 4.66. The Morgan fingerprint density at radius 2 is 1.75 bits per heavy atom. The maximum atomic E-state index is 11.2. The quantitative estimate of drug-likeness (QED) is 0.603. The molecule has 0 spiro atoms. The summed E-state index contributed by atoms with van der Waals surface area (Å²) in [6.45, 7) is 0.0408. The summed E-state index contributed by atoms with van der Waals surface area (Å²) in [6.07, 6.45) is 5.02. The predicted molar refractivity (Wildman–Crippen MR) is 52.3 cm³/mol. The molecular formula is C10H11NO5. The Morgan fingerprint density at radius 3 is 2.19 bits per heavy atom. The van der Waals surface area contributed by atoms with E-state index in [1.54, 1.807) is 0 Å². The van der Waals surface area contributed by atoms with Crippen molar-refractivity contribution in [2.45, 2.75) is 6.42 Å². The molecule has 0 aliphatic carbocycles. The average molecular weight is 225 g/mol. The predicted octanol–water partition coefficient (Wildman–Crippen LogP) is -0.746. The summed E-state index contributed by atoms with van der Waals surface area (Å²) >= 11 is 0. The van der Waals surface area contributed by atoms with Crippen molar-refractivity contribution < 1.29 is 24.6 Å². The number of aliphatic carboxylic acids is 2. The maximum Gasteiger partial charge on any atom is 0.309 e. The Morgan fingerprint density at radius 1 is 1.19 bits per heavy atom. The van der Waals surface area contributed by atoms with Crippen molar-refractivity contribution in [3.05, 3.63) is 0 Å². The minimum Gasteiger partial charge on any atom is -0.481 e. The second-order valence-electron chi connectivity index (χ2n) is 3.57. The largest absolute Gasteiger partial charge is 0.481 e. The number of carboxylic acids is 2. The molecule has 0 saturated carbocycles. The zero-order chi connectivity index (χ0) is 12.3. The van der Waals surface area contributed by atoms with Gasteiger partial charge in [-0.1, -0.05) is 0 Å². The van der Waals surface area contributed by atoms with E-state index in [2.05, 4.69) is 0 Å². The summed E-state index contributed by atoms with van der Waals surface area (Å²) in [5, 5.41) is 17.7. The number of rotatable bonds is 2. The molecule has 1 rings (SSSR count). The van der Waals surface area contributed by atoms with Crippen molar-refractivity contribution in [1.82, 2.24) is 4.90 Å². The summed E-state index contributed by atoms with van der Waals surface area (Å²) < 4.78 is 0. The van der Waals surface area contributed by atoms with Gasteiger partial charge in [0.2, 0.25) is 0 Å². The number of hydrogen-bond donors (Lipinski definition) is 2. The monoisotopic (exact) mass is 225 g/mol. The van der Waals surface area contributed by atoms with E-state index in [0.29, 0.717) is 0 Å². The van der Waals surface area contributed by atoms with Gasteiger partial charge in [0.05, 0.1) is 11.8 Å². The molecule has 1 amide bonds. The topological polar surface area (TPSA) is 94.9 Å². The molecule has 0 aromatic heterocycles. The highest BCUT2D eigenvalue weighted by Crippen LogP contribution is 2.24. The van der Waals surface area contributed by atoms with Crippen molar-refractivity contribution in [3.63, 3.8) is 0 Å². The number of carbonyl (C=O) groups is 3. The molecule has 1 aliphatic rings. The van der Waals surface area contributed by atoms with Gasteiger partial charge in [-0.05, 0) is 12.3 Å². The number of hydrogen-bond acceptors (Lipinski definition) is 3. The highest BCUT2D eigenvalue weighted by Gasteiger charge is 2.39. The first-order valence-corrected chi connectivity index (χ1v) is 4.68. The summed E-state index contributed by atoms with van der Waals surface area (Å²) in [4.78, 5) is 34.0. The highest BCUT2D eigenvalue weighted by molar-refractivity contribution is 5.93. The van der Waals surface area contributed by atoms with Crippen molar-refractivity contribution in [3.8, 4) is 12.3 Å². The molecule has 6 heteroatoms. The van der Waals surface area contributed by atoms with E-state index in [4.69, 9.17) is 16.6 Å². The molecule has 1 saturated heterocycles. The van der Waals surface area contributed by atoms with E-state index in [9.17, 15) is 14.4 Å². The molecular weight excluding hydrogens is 214 g/mol. The Labute approximate surface area is 91.8 Å². The molecule has 0 aromatic rings. The van der Waals surface area contributed by atoms with E-state index in [-0.39, 0.29) is 19.5 Å². The molecule has 0 aromatic carbocycles. The first-order valence-electron chi connectivity index (χ1n) is 4.68. The first kappa shape index (κ1) is 12.0. The van der Waals surface area contributed by atoms with Crippen LogP contribution in [0.25, 0.3) is 0 Å². The molecule has 2 N–H and O–H groups in total. The third-order valence-electron chi connectivity index (χ3n) is 2.66. The van der Waals surface area contributed by atoms with Crippen molar-refractivity contribution in [2.75, 3.05) is 13.1 Å². The Hall–Kier alpha value is -2.03. The van der Waals surface area contributed by atoms with E-state index < -0.39 is 29.7 Å². The summed E-state index contributed by atoms with van der Waals surface area (Å²) in [6, 6.07) is 0. The van der Waals surface area contributed by atoms with Gasteiger partial charge in [-0.3, -0.25) is 14.4 Å². The number of likely N-dealkylation sites (tertiary alicyclic amines) is 1. The van der Waals surface area contributed by atoms with Crippen LogP contribution in [0.5, 0.6) is 0 Å². The number of carbonyl (C=O) groups excluding carboxylic acids is 1. The molecule has 0 radical (unpaired) electrons. The van der Waals surface area contributed by atoms with Crippen LogP contribution in [0.3, 0.4) is 0 Å². The van der Waals surface area contributed by atoms with Gasteiger partial charge in [0.25, 0.3) is 5.91 Å². The number of carboxylic acid groups (broad SMARTS) is 2. The smallest absolute Gasteiger partial charge is 0.309 e. The summed E-state index contributed by atoms with van der Waals surface area (Å²) in [7, 11) is 0. The van der Waals surface area contributed by atoms with E-state index >= 15 is 0 Å². The van der Waals surface area contributed by atoms with Crippen LogP contribution >= 0.6 is 0 Å². The second-order valence-corrected chi connectivity index (χ2v) is 3.57. The van der Waals surface area contributed by atoms with Crippen LogP contribution in [0.2, 0.25) is 0 Å². The van der Waals surface area contributed by atoms with Gasteiger partial charge in [0.15, 0.2) is 0 Å². The zero-order valence-electron chi connectivity index (χ0n) is 8.42. The lowest BCUT2D eigenvalue weighted by molar-refractivity contribution is -0.158. The van der Waals surface area contributed by atoms with Gasteiger partial charge in [-0.15, -0.1) is 6.42 Å². The van der Waals surface area contributed by atoms with Crippen LogP contribution < -0.4 is 0 Å². The van der Waals surface area contributed by atoms with Crippen LogP contribution in [0, 0.1) is 24.2 Å². The van der Waals surface area contributed by atoms with Crippen LogP contribution in [0.1, 0.15) is 6.42 Å². The average Bonchev–Trinajstić information content (AvgIpc) is 2.26. The van der Waals surface area contributed by atoms with Crippen LogP contribution in [0.15, 0.2) is 0 Å². The zero-order valence-corrected chi connectivity index (χ0v) is 8.42. The van der Waals surface area contributed by atoms with E-state index in [0.717, 1.165) is 0 Å². The Balaban J connectivity index is 2.81. The van der Waals surface area contributed by atoms with Gasteiger partial charge in [-0.2, -0.15) is 0 Å². The molecule has 2 atom stereocenters. The SMILES string of the molecule is C#CC(=O)N1CCC(C(=O)O)C(C(=O)O)C1. The van der Waals surface area contributed by atoms with Gasteiger partial charge >= 0.3 is 11.9 Å². The van der Waals surface area contributed by atoms with Gasteiger partial charge in [0, 0.05) is 13.1 Å². The minimum atomic E-state index is -1.22. The fourth-order valence-corrected chi connectivity index (χ4v) is 1.77. The van der Waals surface area contributed by atoms with Crippen LogP contribution in [0.4, 0.5) is 0 Å². The Bertz CT molecular complexity index is 370. The van der Waals surface area contributed by atoms with Crippen molar-refractivity contribution >= 4 is 17.8 Å². The summed E-state index contributed by atoms with van der Waals surface area (Å²) in [5.41, 5.74) is 0. The van der Waals surface area contributed by atoms with Gasteiger partial charge in [-0.25, -0.2) is 0 Å². The lowest BCUT2D eigenvalue weighted by Gasteiger charge is -2.33. The lowest BCUT2D eigenvalue weighted by atomic mass is 9.85. The normalized spacial score (nSPS) is 24.6. The standard InChI is InChI=1S/C10H11NO5/c1-2-8(12)11-4-3-6(9(13)14)7(5-11)10(15)16/h1,6-7H,3-5H2,(H,13,14)(H,15,16). The van der Waals surface area contributed by atoms with Crippen LogP contribution in [-0.4, -0.2) is 46.0 Å². The molecule has 0 bridgehead atoms.